The zero-order chi connectivity index (χ0) is 21.3. The van der Waals surface area contributed by atoms with Crippen LogP contribution in [0.4, 0.5) is 4.39 Å². The predicted molar refractivity (Wildman–Crippen MR) is 116 cm³/mol. The van der Waals surface area contributed by atoms with Crippen molar-refractivity contribution in [1.29, 1.82) is 0 Å². The van der Waals surface area contributed by atoms with Crippen LogP contribution in [-0.4, -0.2) is 34.2 Å². The van der Waals surface area contributed by atoms with Crippen molar-refractivity contribution in [3.63, 3.8) is 0 Å². The smallest absolute Gasteiger partial charge is 0.254 e. The van der Waals surface area contributed by atoms with E-state index in [9.17, 15) is 9.18 Å². The fraction of sp³-hybridized carbons (Fsp3) is 0.273. The second-order valence-electron chi connectivity index (χ2n) is 7.16. The third kappa shape index (κ3) is 4.65. The maximum absolute atomic E-state index is 14.3. The summed E-state index contributed by atoms with van der Waals surface area (Å²) in [7, 11) is 1.49. The maximum atomic E-state index is 14.3. The zero-order valence-corrected chi connectivity index (χ0v) is 18.1. The van der Waals surface area contributed by atoms with Gasteiger partial charge in [-0.25, -0.2) is 4.39 Å². The molecule has 4 rings (SSSR count). The summed E-state index contributed by atoms with van der Waals surface area (Å²) in [5.41, 5.74) is 8.58. The normalized spacial score (nSPS) is 12.7. The molecule has 0 saturated heterocycles. The van der Waals surface area contributed by atoms with Gasteiger partial charge in [0.1, 0.15) is 0 Å². The Morgan fingerprint density at radius 3 is 2.61 bits per heavy atom. The minimum absolute atomic E-state index is 0. The first kappa shape index (κ1) is 22.6. The summed E-state index contributed by atoms with van der Waals surface area (Å²) in [6, 6.07) is 11.4. The Morgan fingerprint density at radius 2 is 1.90 bits per heavy atom. The number of aromatic nitrogens is 2. The highest BCUT2D eigenvalue weighted by Crippen LogP contribution is 2.34. The number of ether oxygens (including phenoxy) is 2. The summed E-state index contributed by atoms with van der Waals surface area (Å²) >= 11 is 0. The molecule has 7 nitrogen and oxygen atoms in total. The van der Waals surface area contributed by atoms with Crippen LogP contribution in [0, 0.1) is 12.7 Å². The average molecular weight is 447 g/mol. The summed E-state index contributed by atoms with van der Waals surface area (Å²) in [5.74, 6) is 0.0391. The number of carbonyl (C=O) groups is 1. The van der Waals surface area contributed by atoms with Gasteiger partial charge in [-0.2, -0.15) is 5.10 Å². The van der Waals surface area contributed by atoms with Gasteiger partial charge in [-0.15, -0.1) is 12.4 Å². The van der Waals surface area contributed by atoms with Crippen LogP contribution < -0.4 is 15.2 Å². The van der Waals surface area contributed by atoms with Crippen molar-refractivity contribution in [1.82, 2.24) is 14.7 Å². The number of methoxy groups -OCH3 is 1. The van der Waals surface area contributed by atoms with Crippen LogP contribution >= 0.6 is 12.4 Å². The number of carbonyl (C=O) groups excluding carboxylic acids is 1. The Morgan fingerprint density at radius 1 is 1.13 bits per heavy atom. The topological polar surface area (TPSA) is 82.6 Å². The molecule has 0 radical (unpaired) electrons. The van der Waals surface area contributed by atoms with Crippen LogP contribution in [0.15, 0.2) is 42.5 Å². The number of halogens is 2. The lowest BCUT2D eigenvalue weighted by Gasteiger charge is -2.28. The molecule has 2 N–H and O–H groups in total. The van der Waals surface area contributed by atoms with E-state index >= 15 is 0 Å². The van der Waals surface area contributed by atoms with E-state index < -0.39 is 5.82 Å². The van der Waals surface area contributed by atoms with Crippen LogP contribution in [0.3, 0.4) is 0 Å². The van der Waals surface area contributed by atoms with E-state index in [2.05, 4.69) is 5.10 Å². The van der Waals surface area contributed by atoms with Gasteiger partial charge in [0.05, 0.1) is 31.6 Å². The van der Waals surface area contributed by atoms with Crippen molar-refractivity contribution >= 4 is 18.3 Å². The number of amides is 1. The number of hydrogen-bond donors (Lipinski definition) is 1. The number of hydrogen-bond acceptors (Lipinski definition) is 5. The summed E-state index contributed by atoms with van der Waals surface area (Å²) in [5, 5.41) is 4.42. The van der Waals surface area contributed by atoms with Gasteiger partial charge >= 0.3 is 0 Å². The molecule has 3 aromatic rings. The Kier molecular flexibility index (Phi) is 6.82. The van der Waals surface area contributed by atoms with Gasteiger partial charge in [0.15, 0.2) is 23.1 Å². The van der Waals surface area contributed by atoms with Crippen LogP contribution in [0.1, 0.15) is 27.3 Å². The standard InChI is InChI=1S/C22H23FN4O3.ClH/c1-14-9-17-13-26(7-8-27(17)25-14)22(28)16-4-6-20(29-2)21(11-16)30-19-5-3-15(12-24)10-18(19)23;/h3-6,9-11H,7-8,12-13,24H2,1-2H3;1H. The van der Waals surface area contributed by atoms with Crippen LogP contribution in [0.25, 0.3) is 0 Å². The lowest BCUT2D eigenvalue weighted by atomic mass is 10.1. The van der Waals surface area contributed by atoms with E-state index in [-0.39, 0.29) is 36.4 Å². The van der Waals surface area contributed by atoms with E-state index in [4.69, 9.17) is 15.2 Å². The van der Waals surface area contributed by atoms with E-state index in [1.54, 1.807) is 29.2 Å². The van der Waals surface area contributed by atoms with E-state index in [0.717, 1.165) is 11.4 Å². The third-order valence-electron chi connectivity index (χ3n) is 5.07. The summed E-state index contributed by atoms with van der Waals surface area (Å²) in [6.07, 6.45) is 0. The molecule has 1 aliphatic heterocycles. The Balaban J connectivity index is 0.00000272. The molecule has 1 aliphatic rings. The van der Waals surface area contributed by atoms with Crippen molar-refractivity contribution in [3.8, 4) is 17.2 Å². The summed E-state index contributed by atoms with van der Waals surface area (Å²) < 4.78 is 27.3. The Labute approximate surface area is 186 Å². The van der Waals surface area contributed by atoms with Crippen molar-refractivity contribution < 1.29 is 18.7 Å². The molecule has 0 unspecified atom stereocenters. The van der Waals surface area contributed by atoms with Gasteiger partial charge in [0.2, 0.25) is 0 Å². The predicted octanol–water partition coefficient (Wildman–Crippen LogP) is 3.67. The van der Waals surface area contributed by atoms with E-state index in [1.807, 2.05) is 17.7 Å². The number of rotatable bonds is 5. The molecule has 9 heteroatoms. The summed E-state index contributed by atoms with van der Waals surface area (Å²) in [6.45, 7) is 3.86. The van der Waals surface area contributed by atoms with E-state index in [0.29, 0.717) is 36.5 Å². The molecular formula is C22H24ClFN4O3. The van der Waals surface area contributed by atoms with Crippen molar-refractivity contribution in [2.24, 2.45) is 5.73 Å². The monoisotopic (exact) mass is 446 g/mol. The second kappa shape index (κ2) is 9.36. The van der Waals surface area contributed by atoms with Gasteiger partial charge in [-0.3, -0.25) is 9.48 Å². The fourth-order valence-corrected chi connectivity index (χ4v) is 3.53. The van der Waals surface area contributed by atoms with Crippen molar-refractivity contribution in [2.75, 3.05) is 13.7 Å². The lowest BCUT2D eigenvalue weighted by molar-refractivity contribution is 0.0705. The first-order valence-corrected chi connectivity index (χ1v) is 9.65. The number of nitrogens with two attached hydrogens (primary N) is 1. The second-order valence-corrected chi connectivity index (χ2v) is 7.16. The molecule has 2 heterocycles. The molecule has 0 bridgehead atoms. The number of benzene rings is 2. The Hall–Kier alpha value is -3.10. The molecule has 1 aromatic heterocycles. The zero-order valence-electron chi connectivity index (χ0n) is 17.3. The lowest BCUT2D eigenvalue weighted by Crippen LogP contribution is -2.38. The van der Waals surface area contributed by atoms with Crippen molar-refractivity contribution in [3.05, 3.63) is 70.8 Å². The molecule has 0 aliphatic carbocycles. The highest BCUT2D eigenvalue weighted by atomic mass is 35.5. The first-order valence-electron chi connectivity index (χ1n) is 9.65. The van der Waals surface area contributed by atoms with Crippen LogP contribution in [0.5, 0.6) is 17.2 Å². The third-order valence-corrected chi connectivity index (χ3v) is 5.07. The van der Waals surface area contributed by atoms with Crippen LogP contribution in [-0.2, 0) is 19.6 Å². The molecule has 0 atom stereocenters. The maximum Gasteiger partial charge on any atom is 0.254 e. The van der Waals surface area contributed by atoms with Crippen molar-refractivity contribution in [2.45, 2.75) is 26.6 Å². The molecule has 31 heavy (non-hydrogen) atoms. The van der Waals surface area contributed by atoms with Gasteiger partial charge in [0.25, 0.3) is 5.91 Å². The molecular weight excluding hydrogens is 423 g/mol. The van der Waals surface area contributed by atoms with Gasteiger partial charge in [0, 0.05) is 18.7 Å². The summed E-state index contributed by atoms with van der Waals surface area (Å²) in [4.78, 5) is 14.8. The largest absolute Gasteiger partial charge is 0.493 e. The van der Waals surface area contributed by atoms with E-state index in [1.165, 1.54) is 19.2 Å². The average Bonchev–Trinajstić information content (AvgIpc) is 3.13. The fourth-order valence-electron chi connectivity index (χ4n) is 3.53. The molecule has 0 saturated carbocycles. The van der Waals surface area contributed by atoms with Gasteiger partial charge < -0.3 is 20.1 Å². The SMILES string of the molecule is COc1ccc(C(=O)N2CCn3nc(C)cc3C2)cc1Oc1ccc(CN)cc1F.Cl. The van der Waals surface area contributed by atoms with Gasteiger partial charge in [-0.05, 0) is 48.9 Å². The first-order chi connectivity index (χ1) is 14.5. The molecule has 164 valence electrons. The molecule has 1 amide bonds. The minimum atomic E-state index is -0.531. The van der Waals surface area contributed by atoms with Crippen LogP contribution in [0.2, 0.25) is 0 Å². The highest BCUT2D eigenvalue weighted by molar-refractivity contribution is 5.95. The molecule has 0 fully saturated rings. The number of fused-ring (bicyclic) bond motifs is 1. The minimum Gasteiger partial charge on any atom is -0.493 e. The Bertz CT molecular complexity index is 1100. The molecule has 0 spiro atoms. The number of aryl methyl sites for hydroxylation is 1. The van der Waals surface area contributed by atoms with Gasteiger partial charge in [-0.1, -0.05) is 6.07 Å². The molecule has 2 aromatic carbocycles. The highest BCUT2D eigenvalue weighted by Gasteiger charge is 2.24. The quantitative estimate of drug-likeness (QED) is 0.646. The number of nitrogens with zero attached hydrogens (tertiary/aromatic N) is 3.